The minimum atomic E-state index is 0.239. The molecule has 0 amide bonds. The first-order valence-corrected chi connectivity index (χ1v) is 7.08. The molecule has 0 aromatic heterocycles. The quantitative estimate of drug-likeness (QED) is 0.823. The molecule has 0 bridgehead atoms. The van der Waals surface area contributed by atoms with E-state index >= 15 is 0 Å². The van der Waals surface area contributed by atoms with Crippen molar-refractivity contribution in [1.82, 2.24) is 4.90 Å². The first kappa shape index (κ1) is 16.0. The van der Waals surface area contributed by atoms with E-state index in [9.17, 15) is 0 Å². The Morgan fingerprint density at radius 3 is 2.42 bits per heavy atom. The highest BCUT2D eigenvalue weighted by Crippen LogP contribution is 2.32. The van der Waals surface area contributed by atoms with Crippen LogP contribution in [-0.2, 0) is 6.42 Å². The number of ether oxygens (including phenoxy) is 1. The van der Waals surface area contributed by atoms with E-state index in [1.165, 1.54) is 11.1 Å². The Kier molecular flexibility index (Phi) is 6.32. The Balaban J connectivity index is 3.05. The fraction of sp³-hybridized carbons (Fsp3) is 0.625. The highest BCUT2D eigenvalue weighted by molar-refractivity contribution is 5.39. The van der Waals surface area contributed by atoms with Crippen LogP contribution in [0.15, 0.2) is 18.2 Å². The number of hydrogen-bond acceptors (Lipinski definition) is 3. The van der Waals surface area contributed by atoms with Crippen LogP contribution < -0.4 is 10.5 Å². The van der Waals surface area contributed by atoms with Gasteiger partial charge >= 0.3 is 0 Å². The second-order valence-corrected chi connectivity index (χ2v) is 5.46. The van der Waals surface area contributed by atoms with Gasteiger partial charge in [0.2, 0.25) is 0 Å². The number of methoxy groups -OCH3 is 1. The molecule has 108 valence electrons. The Morgan fingerprint density at radius 1 is 1.26 bits per heavy atom. The molecule has 0 saturated carbocycles. The van der Waals surface area contributed by atoms with Crippen LogP contribution in [0.25, 0.3) is 0 Å². The van der Waals surface area contributed by atoms with Crippen LogP contribution in [0.5, 0.6) is 5.75 Å². The maximum absolute atomic E-state index is 5.90. The predicted molar refractivity (Wildman–Crippen MR) is 81.7 cm³/mol. The summed E-state index contributed by atoms with van der Waals surface area (Å²) in [5, 5.41) is 0. The molecule has 0 aliphatic carbocycles. The number of aryl methyl sites for hydroxylation is 1. The van der Waals surface area contributed by atoms with Gasteiger partial charge in [0.1, 0.15) is 5.75 Å². The smallest absolute Gasteiger partial charge is 0.123 e. The maximum Gasteiger partial charge on any atom is 0.123 e. The van der Waals surface area contributed by atoms with Crippen molar-refractivity contribution in [3.05, 3.63) is 29.3 Å². The van der Waals surface area contributed by atoms with Crippen molar-refractivity contribution in [2.24, 2.45) is 5.73 Å². The lowest BCUT2D eigenvalue weighted by Gasteiger charge is -2.27. The van der Waals surface area contributed by atoms with Gasteiger partial charge in [-0.3, -0.25) is 0 Å². The zero-order valence-electron chi connectivity index (χ0n) is 12.9. The molecule has 0 aliphatic rings. The van der Waals surface area contributed by atoms with E-state index in [-0.39, 0.29) is 6.04 Å². The molecule has 2 atom stereocenters. The van der Waals surface area contributed by atoms with Gasteiger partial charge in [0, 0.05) is 17.6 Å². The molecule has 2 unspecified atom stereocenters. The maximum atomic E-state index is 5.90. The highest BCUT2D eigenvalue weighted by Gasteiger charge is 2.19. The third-order valence-corrected chi connectivity index (χ3v) is 3.58. The lowest BCUT2D eigenvalue weighted by Crippen LogP contribution is -2.24. The van der Waals surface area contributed by atoms with Gasteiger partial charge in [-0.15, -0.1) is 0 Å². The number of nitrogens with two attached hydrogens (primary N) is 1. The van der Waals surface area contributed by atoms with Crippen molar-refractivity contribution < 1.29 is 4.74 Å². The molecule has 0 spiro atoms. The first-order valence-electron chi connectivity index (χ1n) is 7.08. The zero-order chi connectivity index (χ0) is 14.4. The van der Waals surface area contributed by atoms with Crippen molar-refractivity contribution in [2.75, 3.05) is 21.2 Å². The van der Waals surface area contributed by atoms with Crippen molar-refractivity contribution in [2.45, 2.75) is 45.2 Å². The molecule has 1 rings (SSSR count). The van der Waals surface area contributed by atoms with Crippen LogP contribution in [0.4, 0.5) is 0 Å². The second kappa shape index (κ2) is 7.51. The van der Waals surface area contributed by atoms with Gasteiger partial charge in [0.25, 0.3) is 0 Å². The van der Waals surface area contributed by atoms with Gasteiger partial charge < -0.3 is 15.4 Å². The van der Waals surface area contributed by atoms with Crippen LogP contribution >= 0.6 is 0 Å². The van der Waals surface area contributed by atoms with E-state index in [1.54, 1.807) is 7.11 Å². The average molecular weight is 264 g/mol. The van der Waals surface area contributed by atoms with Crippen LogP contribution in [0.3, 0.4) is 0 Å². The van der Waals surface area contributed by atoms with Gasteiger partial charge in [-0.25, -0.2) is 0 Å². The summed E-state index contributed by atoms with van der Waals surface area (Å²) >= 11 is 0. The van der Waals surface area contributed by atoms with E-state index in [1.807, 2.05) is 0 Å². The molecular formula is C16H28N2O. The fourth-order valence-corrected chi connectivity index (χ4v) is 2.38. The summed E-state index contributed by atoms with van der Waals surface area (Å²) in [5.74, 6) is 0.973. The highest BCUT2D eigenvalue weighted by atomic mass is 16.5. The van der Waals surface area contributed by atoms with E-state index in [0.717, 1.165) is 25.0 Å². The van der Waals surface area contributed by atoms with Crippen LogP contribution in [-0.4, -0.2) is 32.1 Å². The molecule has 0 aliphatic heterocycles. The second-order valence-electron chi connectivity index (χ2n) is 5.46. The Bertz CT molecular complexity index is 388. The molecule has 0 saturated heterocycles. The summed E-state index contributed by atoms with van der Waals surface area (Å²) in [4.78, 5) is 2.25. The summed E-state index contributed by atoms with van der Waals surface area (Å²) < 4.78 is 5.52. The Morgan fingerprint density at radius 2 is 1.95 bits per heavy atom. The van der Waals surface area contributed by atoms with Crippen LogP contribution in [0, 0.1) is 0 Å². The van der Waals surface area contributed by atoms with Gasteiger partial charge in [-0.2, -0.15) is 0 Å². The number of benzene rings is 1. The molecule has 0 heterocycles. The van der Waals surface area contributed by atoms with Crippen LogP contribution in [0.1, 0.15) is 43.9 Å². The molecule has 2 N–H and O–H groups in total. The molecule has 0 fully saturated rings. The van der Waals surface area contributed by atoms with E-state index < -0.39 is 0 Å². The average Bonchev–Trinajstić information content (AvgIpc) is 2.38. The fourth-order valence-electron chi connectivity index (χ4n) is 2.38. The number of hydrogen-bond donors (Lipinski definition) is 1. The molecule has 1 aromatic rings. The molecule has 0 radical (unpaired) electrons. The van der Waals surface area contributed by atoms with E-state index in [2.05, 4.69) is 51.0 Å². The predicted octanol–water partition coefficient (Wildman–Crippen LogP) is 2.99. The van der Waals surface area contributed by atoms with Crippen molar-refractivity contribution in [1.29, 1.82) is 0 Å². The third-order valence-electron chi connectivity index (χ3n) is 3.58. The summed E-state index contributed by atoms with van der Waals surface area (Å²) in [7, 11) is 5.97. The van der Waals surface area contributed by atoms with E-state index in [0.29, 0.717) is 6.04 Å². The van der Waals surface area contributed by atoms with Gasteiger partial charge in [0.05, 0.1) is 7.11 Å². The standard InChI is InChI=1S/C16H28N2O/c1-6-13-8-10-16(19-5)14(11-13)15(18(3)4)9-7-12(2)17/h8,10-12,15H,6-7,9,17H2,1-5H3. The van der Waals surface area contributed by atoms with Crippen LogP contribution in [0.2, 0.25) is 0 Å². The summed E-state index contributed by atoms with van der Waals surface area (Å²) in [6.45, 7) is 4.24. The lowest BCUT2D eigenvalue weighted by atomic mass is 9.96. The third kappa shape index (κ3) is 4.51. The van der Waals surface area contributed by atoms with Gasteiger partial charge in [-0.1, -0.05) is 19.1 Å². The largest absolute Gasteiger partial charge is 0.496 e. The molecule has 19 heavy (non-hydrogen) atoms. The summed E-state index contributed by atoms with van der Waals surface area (Å²) in [5.41, 5.74) is 8.52. The Labute approximate surface area is 117 Å². The normalized spacial score (nSPS) is 14.5. The SMILES string of the molecule is CCc1ccc(OC)c(C(CCC(C)N)N(C)C)c1. The van der Waals surface area contributed by atoms with Crippen molar-refractivity contribution in [3.8, 4) is 5.75 Å². The molecular weight excluding hydrogens is 236 g/mol. The van der Waals surface area contributed by atoms with Gasteiger partial charge in [0.15, 0.2) is 0 Å². The lowest BCUT2D eigenvalue weighted by molar-refractivity contribution is 0.266. The molecule has 1 aromatic carbocycles. The van der Waals surface area contributed by atoms with E-state index in [4.69, 9.17) is 10.5 Å². The monoisotopic (exact) mass is 264 g/mol. The molecule has 3 nitrogen and oxygen atoms in total. The zero-order valence-corrected chi connectivity index (χ0v) is 12.9. The van der Waals surface area contributed by atoms with Gasteiger partial charge in [-0.05, 0) is 51.9 Å². The Hall–Kier alpha value is -1.06. The minimum absolute atomic E-state index is 0.239. The summed E-state index contributed by atoms with van der Waals surface area (Å²) in [6, 6.07) is 7.08. The first-order chi connectivity index (χ1) is 8.99. The van der Waals surface area contributed by atoms with Crippen molar-refractivity contribution in [3.63, 3.8) is 0 Å². The van der Waals surface area contributed by atoms with Crippen molar-refractivity contribution >= 4 is 0 Å². The summed E-state index contributed by atoms with van der Waals surface area (Å²) in [6.07, 6.45) is 3.11. The molecule has 3 heteroatoms. The number of rotatable bonds is 7. The minimum Gasteiger partial charge on any atom is -0.496 e. The number of nitrogens with zero attached hydrogens (tertiary/aromatic N) is 1. The topological polar surface area (TPSA) is 38.5 Å².